The Morgan fingerprint density at radius 3 is 2.02 bits per heavy atom. The van der Waals surface area contributed by atoms with Crippen molar-refractivity contribution in [1.82, 2.24) is 15.2 Å². The molecule has 1 amide bonds. The molecule has 3 aromatic rings. The molecule has 0 spiro atoms. The summed E-state index contributed by atoms with van der Waals surface area (Å²) >= 11 is 9.38. The molecule has 8 nitrogen and oxygen atoms in total. The number of rotatable bonds is 9. The van der Waals surface area contributed by atoms with Crippen LogP contribution < -0.4 is 11.1 Å². The van der Waals surface area contributed by atoms with Crippen molar-refractivity contribution >= 4 is 46.6 Å². The van der Waals surface area contributed by atoms with Gasteiger partial charge in [-0.1, -0.05) is 78.9 Å². The summed E-state index contributed by atoms with van der Waals surface area (Å²) in [5, 5.41) is 14.3. The molecule has 41 heavy (non-hydrogen) atoms. The zero-order valence-electron chi connectivity index (χ0n) is 22.7. The van der Waals surface area contributed by atoms with Crippen LogP contribution in [0, 0.1) is 0 Å². The summed E-state index contributed by atoms with van der Waals surface area (Å²) in [4.78, 5) is 31.3. The maximum atomic E-state index is 12.0. The molecule has 4 rings (SSSR count). The predicted octanol–water partition coefficient (Wildman–Crippen LogP) is 4.50. The van der Waals surface area contributed by atoms with Crippen molar-refractivity contribution in [2.75, 3.05) is 13.1 Å². The highest BCUT2D eigenvalue weighted by atomic mass is 32.1. The van der Waals surface area contributed by atoms with E-state index in [1.54, 1.807) is 29.4 Å². The van der Waals surface area contributed by atoms with Gasteiger partial charge in [0.25, 0.3) is 5.91 Å². The zero-order valence-corrected chi connectivity index (χ0v) is 24.3. The average Bonchev–Trinajstić information content (AvgIpc) is 3.26. The molecule has 1 fully saturated rings. The first-order valence-electron chi connectivity index (χ1n) is 12.6. The van der Waals surface area contributed by atoms with Gasteiger partial charge in [0.05, 0.1) is 11.7 Å². The number of nitrogens with zero attached hydrogens (tertiary/aromatic N) is 3. The van der Waals surface area contributed by atoms with Crippen molar-refractivity contribution < 1.29 is 14.7 Å². The number of aliphatic carboxylic acids is 1. The molecule has 0 radical (unpaired) electrons. The largest absolute Gasteiger partial charge is 0.480 e. The minimum atomic E-state index is -0.959. The van der Waals surface area contributed by atoms with Crippen LogP contribution in [0.25, 0.3) is 0 Å². The first-order chi connectivity index (χ1) is 19.8. The van der Waals surface area contributed by atoms with E-state index in [1.165, 1.54) is 0 Å². The van der Waals surface area contributed by atoms with Gasteiger partial charge < -0.3 is 16.2 Å². The highest BCUT2D eigenvalue weighted by Gasteiger charge is 2.34. The lowest BCUT2D eigenvalue weighted by Gasteiger charge is -2.11. The van der Waals surface area contributed by atoms with Crippen LogP contribution in [0.4, 0.5) is 0 Å². The Bertz CT molecular complexity index is 1230. The van der Waals surface area contributed by atoms with Crippen molar-refractivity contribution in [3.05, 3.63) is 128 Å². The number of hydrogen-bond donors (Lipinski definition) is 3. The van der Waals surface area contributed by atoms with Gasteiger partial charge in [0, 0.05) is 25.4 Å². The van der Waals surface area contributed by atoms with E-state index in [1.807, 2.05) is 78.9 Å². The minimum Gasteiger partial charge on any atom is -0.480 e. The molecule has 1 saturated heterocycles. The number of nitrogens with two attached hydrogens (primary N) is 1. The Morgan fingerprint density at radius 2 is 1.61 bits per heavy atom. The van der Waals surface area contributed by atoms with Crippen molar-refractivity contribution in [3.63, 3.8) is 0 Å². The lowest BCUT2D eigenvalue weighted by atomic mass is 10.1. The highest BCUT2D eigenvalue weighted by molar-refractivity contribution is 7.80. The smallest absolute Gasteiger partial charge is 0.320 e. The normalized spacial score (nSPS) is 13.7. The number of isothiocyanates is 1. The van der Waals surface area contributed by atoms with Gasteiger partial charge in [0.2, 0.25) is 0 Å². The van der Waals surface area contributed by atoms with Crippen LogP contribution in [-0.2, 0) is 22.4 Å². The summed E-state index contributed by atoms with van der Waals surface area (Å²) in [6, 6.07) is 23.9. The second-order valence-electron chi connectivity index (χ2n) is 8.31. The molecule has 2 unspecified atom stereocenters. The molecule has 0 bridgehead atoms. The number of carbonyl (C=O) groups is 2. The van der Waals surface area contributed by atoms with Gasteiger partial charge in [-0.15, -0.1) is 13.2 Å². The van der Waals surface area contributed by atoms with E-state index in [2.05, 4.69) is 45.8 Å². The van der Waals surface area contributed by atoms with E-state index < -0.39 is 12.0 Å². The van der Waals surface area contributed by atoms with Gasteiger partial charge in [-0.3, -0.25) is 19.5 Å². The first-order valence-corrected chi connectivity index (χ1v) is 13.4. The van der Waals surface area contributed by atoms with Crippen molar-refractivity contribution in [2.24, 2.45) is 10.7 Å². The number of aliphatic imine (C=N–C) groups is 1. The van der Waals surface area contributed by atoms with Crippen LogP contribution in [0.3, 0.4) is 0 Å². The quantitative estimate of drug-likeness (QED) is 0.190. The fourth-order valence-corrected chi connectivity index (χ4v) is 3.62. The summed E-state index contributed by atoms with van der Waals surface area (Å²) in [5.41, 5.74) is 7.43. The highest BCUT2D eigenvalue weighted by Crippen LogP contribution is 2.12. The van der Waals surface area contributed by atoms with Gasteiger partial charge in [-0.2, -0.15) is 0 Å². The maximum Gasteiger partial charge on any atom is 0.320 e. The van der Waals surface area contributed by atoms with Crippen LogP contribution in [0.1, 0.15) is 11.1 Å². The Labute approximate surface area is 252 Å². The zero-order chi connectivity index (χ0) is 30.3. The van der Waals surface area contributed by atoms with Crippen molar-refractivity contribution in [2.45, 2.75) is 24.9 Å². The molecular formula is C31H35N5O3S2. The van der Waals surface area contributed by atoms with Crippen LogP contribution in [-0.4, -0.2) is 62.3 Å². The lowest BCUT2D eigenvalue weighted by molar-refractivity contribution is -0.138. The van der Waals surface area contributed by atoms with E-state index in [9.17, 15) is 9.59 Å². The molecule has 2 aromatic carbocycles. The minimum absolute atomic E-state index is 0.0266. The molecule has 0 aliphatic carbocycles. The number of benzene rings is 2. The van der Waals surface area contributed by atoms with Gasteiger partial charge in [-0.25, -0.2) is 4.99 Å². The van der Waals surface area contributed by atoms with Gasteiger partial charge in [0.15, 0.2) is 5.11 Å². The van der Waals surface area contributed by atoms with Crippen molar-refractivity contribution in [1.29, 1.82) is 0 Å². The average molecular weight is 590 g/mol. The number of thiocarbonyl (C=S) groups is 2. The van der Waals surface area contributed by atoms with Gasteiger partial charge in [-0.05, 0) is 54.1 Å². The predicted molar refractivity (Wildman–Crippen MR) is 172 cm³/mol. The molecule has 1 aliphatic heterocycles. The first kappa shape index (κ1) is 34.7. The topological polar surface area (TPSA) is 121 Å². The number of nitrogens with one attached hydrogen (secondary N) is 1. The summed E-state index contributed by atoms with van der Waals surface area (Å²) in [6.45, 7) is 8.09. The maximum absolute atomic E-state index is 12.0. The fraction of sp³-hybridized carbons (Fsp3) is 0.194. The van der Waals surface area contributed by atoms with E-state index in [4.69, 9.17) is 23.1 Å². The number of hydrogen-bond acceptors (Lipinski definition) is 7. The number of carbonyl (C=O) groups excluding carboxylic acids is 1. The number of carboxylic acids is 1. The second-order valence-corrected chi connectivity index (χ2v) is 8.88. The molecule has 10 heteroatoms. The Morgan fingerprint density at radius 1 is 1.05 bits per heavy atom. The number of amides is 1. The third-order valence-corrected chi connectivity index (χ3v) is 5.64. The van der Waals surface area contributed by atoms with E-state index in [0.29, 0.717) is 31.0 Å². The fourth-order valence-electron chi connectivity index (χ4n) is 3.24. The van der Waals surface area contributed by atoms with Crippen LogP contribution in [0.5, 0.6) is 0 Å². The van der Waals surface area contributed by atoms with Gasteiger partial charge >= 0.3 is 5.97 Å². The molecule has 4 N–H and O–H groups in total. The van der Waals surface area contributed by atoms with Crippen molar-refractivity contribution in [3.8, 4) is 0 Å². The summed E-state index contributed by atoms with van der Waals surface area (Å²) in [7, 11) is 0. The van der Waals surface area contributed by atoms with E-state index >= 15 is 0 Å². The van der Waals surface area contributed by atoms with E-state index in [0.717, 1.165) is 11.1 Å². The molecule has 1 aromatic heterocycles. The molecule has 214 valence electrons. The van der Waals surface area contributed by atoms with Gasteiger partial charge in [0.1, 0.15) is 12.1 Å². The lowest BCUT2D eigenvalue weighted by Crippen LogP contribution is -2.32. The third kappa shape index (κ3) is 15.1. The molecule has 2 heterocycles. The SMILES string of the molecule is C=CCN1C(=O)C(Cc2ccccc2)NC1=S.C=CCN=C=S.NC(Cc1ccccc1)C(=O)O.c1ccncc1. The third-order valence-electron chi connectivity index (χ3n) is 5.17. The number of aromatic nitrogens is 1. The Kier molecular flexibility index (Phi) is 18.2. The summed E-state index contributed by atoms with van der Waals surface area (Å²) < 4.78 is 0. The van der Waals surface area contributed by atoms with Crippen LogP contribution in [0.2, 0.25) is 0 Å². The Hall–Kier alpha value is -4.34. The second kappa shape index (κ2) is 21.5. The van der Waals surface area contributed by atoms with Crippen LogP contribution >= 0.6 is 24.4 Å². The Balaban J connectivity index is 0.000000303. The van der Waals surface area contributed by atoms with Crippen LogP contribution in [0.15, 0.2) is 122 Å². The summed E-state index contributed by atoms with van der Waals surface area (Å²) in [5.74, 6) is -0.933. The molecular weight excluding hydrogens is 555 g/mol. The molecule has 1 aliphatic rings. The number of pyridine rings is 1. The standard InChI is InChI=1S/C13H14N2OS.C9H11NO2.C5H5N.C4H5NS/c1-2-8-15-12(16)11(14-13(15)17)9-10-6-4-3-5-7-10;10-8(9(11)12)6-7-4-2-1-3-5-7;1-2-4-6-5-3-1;1-2-3-5-4-6/h2-7,11H,1,8-9H2,(H,14,17);1-5,8H,6,10H2,(H,11,12);1-5H;2H,1,3H2. The molecule has 0 saturated carbocycles. The number of carboxylic acid groups (broad SMARTS) is 1. The monoisotopic (exact) mass is 589 g/mol. The molecule has 2 atom stereocenters. The summed E-state index contributed by atoms with van der Waals surface area (Å²) in [6.07, 6.45) is 7.89. The van der Waals surface area contributed by atoms with E-state index in [-0.39, 0.29) is 11.9 Å².